The molecule has 2 aliphatic heterocycles. The molecule has 2 atom stereocenters. The molecule has 2 saturated heterocycles. The molecule has 6 heteroatoms. The number of hydrogen-bond acceptors (Lipinski definition) is 4. The van der Waals surface area contributed by atoms with Crippen molar-refractivity contribution >= 4 is 33.4 Å². The molecule has 2 fully saturated rings. The molecule has 1 aromatic rings. The Morgan fingerprint density at radius 3 is 2.61 bits per heavy atom. The van der Waals surface area contributed by atoms with Crippen molar-refractivity contribution in [2.45, 2.75) is 44.2 Å². The van der Waals surface area contributed by atoms with Gasteiger partial charge in [0.2, 0.25) is 5.91 Å². The zero-order valence-electron chi connectivity index (χ0n) is 12.9. The number of halogens is 1. The van der Waals surface area contributed by atoms with Crippen molar-refractivity contribution in [3.05, 3.63) is 28.7 Å². The second-order valence-corrected chi connectivity index (χ2v) is 7.08. The molecule has 0 spiro atoms. The van der Waals surface area contributed by atoms with Gasteiger partial charge in [0.15, 0.2) is 0 Å². The maximum Gasteiger partial charge on any atom is 0.251 e. The van der Waals surface area contributed by atoms with E-state index >= 15 is 0 Å². The van der Waals surface area contributed by atoms with Gasteiger partial charge < -0.3 is 5.11 Å². The molecular formula is C17H21BrN2O3. The molecule has 0 radical (unpaired) electrons. The molecule has 0 unspecified atom stereocenters. The van der Waals surface area contributed by atoms with Gasteiger partial charge in [-0.05, 0) is 50.1 Å². The van der Waals surface area contributed by atoms with Crippen LogP contribution < -0.4 is 4.90 Å². The number of carbonyl (C=O) groups excluding carboxylic acids is 2. The molecule has 0 aromatic heterocycles. The summed E-state index contributed by atoms with van der Waals surface area (Å²) in [6.07, 6.45) is 4.04. The maximum absolute atomic E-state index is 12.8. The van der Waals surface area contributed by atoms with Crippen molar-refractivity contribution < 1.29 is 14.7 Å². The zero-order valence-corrected chi connectivity index (χ0v) is 14.5. The highest BCUT2D eigenvalue weighted by molar-refractivity contribution is 9.10. The minimum Gasteiger partial charge on any atom is -0.396 e. The normalized spacial score (nSPS) is 26.1. The second kappa shape index (κ2) is 7.11. The summed E-state index contributed by atoms with van der Waals surface area (Å²) in [7, 11) is 0. The van der Waals surface area contributed by atoms with Crippen molar-refractivity contribution in [3.8, 4) is 0 Å². The van der Waals surface area contributed by atoms with Gasteiger partial charge in [-0.15, -0.1) is 0 Å². The van der Waals surface area contributed by atoms with Crippen molar-refractivity contribution in [1.29, 1.82) is 0 Å². The number of likely N-dealkylation sites (tertiary alicyclic amines) is 1. The van der Waals surface area contributed by atoms with Crippen LogP contribution in [0.2, 0.25) is 0 Å². The predicted octanol–water partition coefficient (Wildman–Crippen LogP) is 2.32. The number of imide groups is 1. The fraction of sp³-hybridized carbons (Fsp3) is 0.529. The standard InChI is InChI=1S/C17H21BrN2O3/c18-12-4-6-14(7-5-12)20-16(22)11-15(17(20)23)19-9-2-1-3-13(19)8-10-21/h4-7,13,15,21H,1-3,8-11H2/t13-,15+/m1/s1. The van der Waals surface area contributed by atoms with E-state index in [9.17, 15) is 14.7 Å². The molecule has 1 aromatic carbocycles. The smallest absolute Gasteiger partial charge is 0.251 e. The second-order valence-electron chi connectivity index (χ2n) is 6.16. The third-order valence-electron chi connectivity index (χ3n) is 4.74. The molecule has 2 amide bonds. The van der Waals surface area contributed by atoms with Gasteiger partial charge in [0.25, 0.3) is 5.91 Å². The Bertz CT molecular complexity index is 588. The van der Waals surface area contributed by atoms with Gasteiger partial charge in [-0.2, -0.15) is 0 Å². The molecule has 0 saturated carbocycles. The molecule has 3 rings (SSSR count). The van der Waals surface area contributed by atoms with Crippen LogP contribution in [0.3, 0.4) is 0 Å². The Balaban J connectivity index is 1.81. The van der Waals surface area contributed by atoms with Gasteiger partial charge in [-0.25, -0.2) is 4.90 Å². The zero-order chi connectivity index (χ0) is 16.4. The number of anilines is 1. The van der Waals surface area contributed by atoms with Crippen LogP contribution in [0, 0.1) is 0 Å². The Morgan fingerprint density at radius 1 is 1.17 bits per heavy atom. The quantitative estimate of drug-likeness (QED) is 0.814. The summed E-state index contributed by atoms with van der Waals surface area (Å²) in [6, 6.07) is 7.04. The summed E-state index contributed by atoms with van der Waals surface area (Å²) in [6.45, 7) is 0.939. The Labute approximate surface area is 144 Å². The van der Waals surface area contributed by atoms with Gasteiger partial charge in [-0.3, -0.25) is 14.5 Å². The van der Waals surface area contributed by atoms with Crippen LogP contribution in [-0.4, -0.2) is 47.1 Å². The summed E-state index contributed by atoms with van der Waals surface area (Å²) < 4.78 is 0.913. The fourth-order valence-electron chi connectivity index (χ4n) is 3.63. The number of rotatable bonds is 4. The van der Waals surface area contributed by atoms with E-state index in [1.165, 1.54) is 4.90 Å². The van der Waals surface area contributed by atoms with E-state index in [1.54, 1.807) is 12.1 Å². The maximum atomic E-state index is 12.8. The summed E-state index contributed by atoms with van der Waals surface area (Å²) >= 11 is 3.36. The van der Waals surface area contributed by atoms with Gasteiger partial charge >= 0.3 is 0 Å². The molecule has 2 aliphatic rings. The van der Waals surface area contributed by atoms with Crippen molar-refractivity contribution in [2.24, 2.45) is 0 Å². The fourth-order valence-corrected chi connectivity index (χ4v) is 3.89. The summed E-state index contributed by atoms with van der Waals surface area (Å²) in [5, 5.41) is 9.26. The Kier molecular flexibility index (Phi) is 5.14. The Hall–Kier alpha value is -1.24. The molecule has 23 heavy (non-hydrogen) atoms. The van der Waals surface area contributed by atoms with Crippen LogP contribution in [-0.2, 0) is 9.59 Å². The number of nitrogens with zero attached hydrogens (tertiary/aromatic N) is 2. The SMILES string of the molecule is O=C1C[C@H](N2CCCC[C@@H]2CCO)C(=O)N1c1ccc(Br)cc1. The lowest BCUT2D eigenvalue weighted by Crippen LogP contribution is -2.50. The summed E-state index contributed by atoms with van der Waals surface area (Å²) in [4.78, 5) is 28.7. The lowest BCUT2D eigenvalue weighted by molar-refractivity contribution is -0.123. The topological polar surface area (TPSA) is 60.9 Å². The van der Waals surface area contributed by atoms with E-state index in [-0.39, 0.29) is 36.9 Å². The van der Waals surface area contributed by atoms with Crippen LogP contribution in [0.25, 0.3) is 0 Å². The lowest BCUT2D eigenvalue weighted by Gasteiger charge is -2.38. The molecular weight excluding hydrogens is 360 g/mol. The third-order valence-corrected chi connectivity index (χ3v) is 5.27. The summed E-state index contributed by atoms with van der Waals surface area (Å²) in [5.41, 5.74) is 0.626. The van der Waals surface area contributed by atoms with Crippen LogP contribution in [0.4, 0.5) is 5.69 Å². The van der Waals surface area contributed by atoms with Crippen LogP contribution in [0.5, 0.6) is 0 Å². The highest BCUT2D eigenvalue weighted by atomic mass is 79.9. The van der Waals surface area contributed by atoms with E-state index in [4.69, 9.17) is 0 Å². The highest BCUT2D eigenvalue weighted by Gasteiger charge is 2.44. The first kappa shape index (κ1) is 16.6. The first-order valence-corrected chi connectivity index (χ1v) is 8.90. The number of piperidine rings is 1. The molecule has 5 nitrogen and oxygen atoms in total. The van der Waals surface area contributed by atoms with Crippen LogP contribution in [0.15, 0.2) is 28.7 Å². The van der Waals surface area contributed by atoms with Crippen molar-refractivity contribution in [2.75, 3.05) is 18.1 Å². The number of aliphatic hydroxyl groups is 1. The van der Waals surface area contributed by atoms with E-state index in [0.29, 0.717) is 12.1 Å². The Morgan fingerprint density at radius 2 is 1.91 bits per heavy atom. The molecule has 124 valence electrons. The van der Waals surface area contributed by atoms with Gasteiger partial charge in [-0.1, -0.05) is 22.4 Å². The molecule has 0 aliphatic carbocycles. The van der Waals surface area contributed by atoms with Gasteiger partial charge in [0.1, 0.15) is 0 Å². The average molecular weight is 381 g/mol. The molecule has 2 heterocycles. The average Bonchev–Trinajstić information content (AvgIpc) is 2.84. The largest absolute Gasteiger partial charge is 0.396 e. The van der Waals surface area contributed by atoms with E-state index in [0.717, 1.165) is 30.3 Å². The lowest BCUT2D eigenvalue weighted by atomic mass is 9.97. The predicted molar refractivity (Wildman–Crippen MR) is 91.1 cm³/mol. The number of aliphatic hydroxyl groups excluding tert-OH is 1. The monoisotopic (exact) mass is 380 g/mol. The van der Waals surface area contributed by atoms with Crippen molar-refractivity contribution in [1.82, 2.24) is 4.90 Å². The minimum atomic E-state index is -0.386. The molecule has 1 N–H and O–H groups in total. The third kappa shape index (κ3) is 3.34. The van der Waals surface area contributed by atoms with Gasteiger partial charge in [0, 0.05) is 17.1 Å². The number of benzene rings is 1. The van der Waals surface area contributed by atoms with Crippen molar-refractivity contribution in [3.63, 3.8) is 0 Å². The van der Waals surface area contributed by atoms with Crippen LogP contribution >= 0.6 is 15.9 Å². The van der Waals surface area contributed by atoms with E-state index < -0.39 is 0 Å². The van der Waals surface area contributed by atoms with E-state index in [1.807, 2.05) is 12.1 Å². The van der Waals surface area contributed by atoms with Crippen LogP contribution in [0.1, 0.15) is 32.1 Å². The first-order chi connectivity index (χ1) is 11.1. The molecule has 0 bridgehead atoms. The number of carbonyl (C=O) groups is 2. The minimum absolute atomic E-state index is 0.118. The van der Waals surface area contributed by atoms with E-state index in [2.05, 4.69) is 20.8 Å². The first-order valence-electron chi connectivity index (χ1n) is 8.11. The number of hydrogen-bond donors (Lipinski definition) is 1. The highest BCUT2D eigenvalue weighted by Crippen LogP contribution is 2.31. The number of amides is 2. The summed E-state index contributed by atoms with van der Waals surface area (Å²) in [5.74, 6) is -0.280. The van der Waals surface area contributed by atoms with Gasteiger partial charge in [0.05, 0.1) is 18.2 Å².